The van der Waals surface area contributed by atoms with Crippen molar-refractivity contribution >= 4 is 11.3 Å². The van der Waals surface area contributed by atoms with Crippen molar-refractivity contribution in [2.45, 2.75) is 45.3 Å². The van der Waals surface area contributed by atoms with Gasteiger partial charge in [-0.15, -0.1) is 11.3 Å². The lowest BCUT2D eigenvalue weighted by Crippen LogP contribution is -2.33. The van der Waals surface area contributed by atoms with Crippen molar-refractivity contribution in [2.24, 2.45) is 0 Å². The monoisotopic (exact) mass is 332 g/mol. The first-order chi connectivity index (χ1) is 11.1. The Hall–Kier alpha value is -1.43. The van der Waals surface area contributed by atoms with E-state index in [-0.39, 0.29) is 12.6 Å². The van der Waals surface area contributed by atoms with Gasteiger partial charge >= 0.3 is 0 Å². The number of aliphatic hydroxyl groups is 1. The number of ether oxygens (including phenoxy) is 1. The second-order valence-electron chi connectivity index (χ2n) is 6.19. The second-order valence-corrected chi connectivity index (χ2v) is 7.30. The lowest BCUT2D eigenvalue weighted by molar-refractivity contribution is 0.104. The molecule has 2 atom stereocenters. The second kappa shape index (κ2) is 7.43. The smallest absolute Gasteiger partial charge is 0.119 e. The standard InChI is InChI=1S/C18H24N2O2S/c1-12-5-3-6-15(9-12)22-11-14(21)10-19-13(2)18-20-16-7-4-8-17(16)23-18/h3,5-6,9,13-14,19,21H,4,7-8,10-11H2,1-2H3. The summed E-state index contributed by atoms with van der Waals surface area (Å²) in [5, 5.41) is 14.6. The van der Waals surface area contributed by atoms with Crippen LogP contribution in [-0.4, -0.2) is 29.3 Å². The molecule has 0 radical (unpaired) electrons. The van der Waals surface area contributed by atoms with E-state index >= 15 is 0 Å². The van der Waals surface area contributed by atoms with Crippen molar-refractivity contribution in [1.29, 1.82) is 0 Å². The van der Waals surface area contributed by atoms with Gasteiger partial charge in [-0.1, -0.05) is 12.1 Å². The Labute approximate surface area is 141 Å². The van der Waals surface area contributed by atoms with Crippen LogP contribution in [0.2, 0.25) is 0 Å². The first kappa shape index (κ1) is 16.4. The highest BCUT2D eigenvalue weighted by Gasteiger charge is 2.20. The molecular formula is C18H24N2O2S. The van der Waals surface area contributed by atoms with E-state index in [2.05, 4.69) is 12.2 Å². The molecule has 2 unspecified atom stereocenters. The van der Waals surface area contributed by atoms with Crippen LogP contribution in [0.25, 0.3) is 0 Å². The van der Waals surface area contributed by atoms with Crippen LogP contribution in [-0.2, 0) is 12.8 Å². The molecule has 0 bridgehead atoms. The van der Waals surface area contributed by atoms with Gasteiger partial charge in [0.1, 0.15) is 23.5 Å². The Kier molecular flexibility index (Phi) is 5.30. The predicted molar refractivity (Wildman–Crippen MR) is 93.2 cm³/mol. The Morgan fingerprint density at radius 1 is 1.39 bits per heavy atom. The molecule has 0 aliphatic heterocycles. The summed E-state index contributed by atoms with van der Waals surface area (Å²) >= 11 is 1.81. The summed E-state index contributed by atoms with van der Waals surface area (Å²) in [5.41, 5.74) is 2.43. The molecule has 124 valence electrons. The average Bonchev–Trinajstić information content (AvgIpc) is 3.12. The number of nitrogens with zero attached hydrogens (tertiary/aromatic N) is 1. The molecule has 1 aliphatic rings. The number of hydrogen-bond acceptors (Lipinski definition) is 5. The lowest BCUT2D eigenvalue weighted by Gasteiger charge is -2.16. The number of rotatable bonds is 7. The average molecular weight is 332 g/mol. The fourth-order valence-corrected chi connectivity index (χ4v) is 3.93. The fourth-order valence-electron chi connectivity index (χ4n) is 2.75. The van der Waals surface area contributed by atoms with Crippen LogP contribution in [0.15, 0.2) is 24.3 Å². The third kappa shape index (κ3) is 4.31. The van der Waals surface area contributed by atoms with E-state index in [9.17, 15) is 5.11 Å². The molecule has 2 N–H and O–H groups in total. The molecule has 4 nitrogen and oxygen atoms in total. The van der Waals surface area contributed by atoms with Crippen LogP contribution in [0.4, 0.5) is 0 Å². The van der Waals surface area contributed by atoms with Crippen LogP contribution in [0.3, 0.4) is 0 Å². The van der Waals surface area contributed by atoms with E-state index < -0.39 is 6.10 Å². The van der Waals surface area contributed by atoms with Gasteiger partial charge in [-0.05, 0) is 50.8 Å². The summed E-state index contributed by atoms with van der Waals surface area (Å²) in [6.45, 7) is 4.91. The Morgan fingerprint density at radius 3 is 3.04 bits per heavy atom. The molecule has 23 heavy (non-hydrogen) atoms. The first-order valence-corrected chi connectivity index (χ1v) is 9.03. The molecule has 2 aromatic rings. The summed E-state index contributed by atoms with van der Waals surface area (Å²) in [7, 11) is 0. The van der Waals surface area contributed by atoms with E-state index in [4.69, 9.17) is 9.72 Å². The molecule has 1 heterocycles. The predicted octanol–water partition coefficient (Wildman–Crippen LogP) is 3.03. The highest BCUT2D eigenvalue weighted by Crippen LogP contribution is 2.30. The van der Waals surface area contributed by atoms with Crippen molar-refractivity contribution in [3.05, 3.63) is 45.4 Å². The molecule has 1 aromatic carbocycles. The van der Waals surface area contributed by atoms with Crippen LogP contribution in [0.5, 0.6) is 5.75 Å². The number of fused-ring (bicyclic) bond motifs is 1. The quantitative estimate of drug-likeness (QED) is 0.818. The van der Waals surface area contributed by atoms with Gasteiger partial charge in [-0.3, -0.25) is 0 Å². The van der Waals surface area contributed by atoms with Gasteiger partial charge in [0.25, 0.3) is 0 Å². The zero-order valence-corrected chi connectivity index (χ0v) is 14.5. The number of aryl methyl sites for hydroxylation is 3. The zero-order valence-electron chi connectivity index (χ0n) is 13.7. The minimum absolute atomic E-state index is 0.166. The molecule has 0 saturated carbocycles. The van der Waals surface area contributed by atoms with E-state index in [0.717, 1.165) is 22.7 Å². The number of hydrogen-bond donors (Lipinski definition) is 2. The Bertz CT molecular complexity index is 635. The number of thiazole rings is 1. The maximum atomic E-state index is 10.1. The third-order valence-electron chi connectivity index (χ3n) is 4.07. The summed E-state index contributed by atoms with van der Waals surface area (Å²) < 4.78 is 5.63. The third-order valence-corrected chi connectivity index (χ3v) is 5.41. The Morgan fingerprint density at radius 2 is 2.26 bits per heavy atom. The normalized spacial score (nSPS) is 16.1. The van der Waals surface area contributed by atoms with Gasteiger partial charge in [0.05, 0.1) is 11.7 Å². The highest BCUT2D eigenvalue weighted by atomic mass is 32.1. The molecule has 0 fully saturated rings. The van der Waals surface area contributed by atoms with Crippen molar-refractivity contribution < 1.29 is 9.84 Å². The summed E-state index contributed by atoms with van der Waals surface area (Å²) in [4.78, 5) is 6.16. The van der Waals surface area contributed by atoms with Crippen molar-refractivity contribution in [3.63, 3.8) is 0 Å². The van der Waals surface area contributed by atoms with E-state index in [1.807, 2.05) is 42.5 Å². The first-order valence-electron chi connectivity index (χ1n) is 8.21. The van der Waals surface area contributed by atoms with Gasteiger partial charge in [0.15, 0.2) is 0 Å². The summed E-state index contributed by atoms with van der Waals surface area (Å²) in [5.74, 6) is 0.799. The zero-order chi connectivity index (χ0) is 16.2. The SMILES string of the molecule is Cc1cccc(OCC(O)CNC(C)c2nc3c(s2)CCC3)c1. The highest BCUT2D eigenvalue weighted by molar-refractivity contribution is 7.11. The minimum atomic E-state index is -0.537. The van der Waals surface area contributed by atoms with Gasteiger partial charge in [-0.2, -0.15) is 0 Å². The largest absolute Gasteiger partial charge is 0.491 e. The van der Waals surface area contributed by atoms with Gasteiger partial charge < -0.3 is 15.2 Å². The molecule has 0 spiro atoms. The minimum Gasteiger partial charge on any atom is -0.491 e. The molecule has 1 aromatic heterocycles. The molecule has 0 amide bonds. The van der Waals surface area contributed by atoms with Crippen molar-refractivity contribution in [1.82, 2.24) is 10.3 Å². The maximum Gasteiger partial charge on any atom is 0.119 e. The topological polar surface area (TPSA) is 54.4 Å². The number of aliphatic hydroxyl groups excluding tert-OH is 1. The summed E-state index contributed by atoms with van der Waals surface area (Å²) in [6.07, 6.45) is 2.99. The number of aromatic nitrogens is 1. The molecule has 1 aliphatic carbocycles. The van der Waals surface area contributed by atoms with Crippen LogP contribution >= 0.6 is 11.3 Å². The van der Waals surface area contributed by atoms with Crippen molar-refractivity contribution in [3.8, 4) is 5.75 Å². The van der Waals surface area contributed by atoms with Crippen LogP contribution in [0.1, 0.15) is 40.5 Å². The van der Waals surface area contributed by atoms with Crippen molar-refractivity contribution in [2.75, 3.05) is 13.2 Å². The van der Waals surface area contributed by atoms with Gasteiger partial charge in [0, 0.05) is 11.4 Å². The molecular weight excluding hydrogens is 308 g/mol. The molecule has 0 saturated heterocycles. The maximum absolute atomic E-state index is 10.1. The van der Waals surface area contributed by atoms with Crippen LogP contribution in [0, 0.1) is 6.92 Å². The lowest BCUT2D eigenvalue weighted by atomic mass is 10.2. The Balaban J connectivity index is 1.43. The molecule has 5 heteroatoms. The number of nitrogens with one attached hydrogen (secondary N) is 1. The van der Waals surface area contributed by atoms with E-state index in [0.29, 0.717) is 6.54 Å². The fraction of sp³-hybridized carbons (Fsp3) is 0.500. The van der Waals surface area contributed by atoms with Gasteiger partial charge in [0.2, 0.25) is 0 Å². The number of benzene rings is 1. The van der Waals surface area contributed by atoms with E-state index in [1.54, 1.807) is 0 Å². The van der Waals surface area contributed by atoms with Gasteiger partial charge in [-0.25, -0.2) is 4.98 Å². The van der Waals surface area contributed by atoms with E-state index in [1.165, 1.54) is 23.4 Å². The summed E-state index contributed by atoms with van der Waals surface area (Å²) in [6, 6.07) is 8.03. The molecule has 3 rings (SSSR count). The van der Waals surface area contributed by atoms with Crippen LogP contribution < -0.4 is 10.1 Å².